The van der Waals surface area contributed by atoms with Crippen LogP contribution in [0.5, 0.6) is 0 Å². The minimum absolute atomic E-state index is 0. The Labute approximate surface area is 69.9 Å². The van der Waals surface area contributed by atoms with Crippen molar-refractivity contribution in [2.45, 2.75) is 13.8 Å². The van der Waals surface area contributed by atoms with Crippen molar-refractivity contribution in [3.63, 3.8) is 0 Å². The molecule has 0 aromatic carbocycles. The predicted octanol–water partition coefficient (Wildman–Crippen LogP) is 0.942. The zero-order valence-corrected chi connectivity index (χ0v) is 8.13. The number of rotatable bonds is 5. The van der Waals surface area contributed by atoms with Crippen LogP contribution in [0.3, 0.4) is 0 Å². The van der Waals surface area contributed by atoms with Crippen LogP contribution in [0, 0.1) is 0 Å². The highest BCUT2D eigenvalue weighted by molar-refractivity contribution is 4.32. The molecule has 0 fully saturated rings. The van der Waals surface area contributed by atoms with E-state index in [4.69, 9.17) is 4.74 Å². The Balaban J connectivity index is 0. The van der Waals surface area contributed by atoms with E-state index in [0.717, 1.165) is 17.6 Å². The number of ether oxygens (including phenoxy) is 1. The van der Waals surface area contributed by atoms with E-state index in [1.54, 1.807) is 7.11 Å². The van der Waals surface area contributed by atoms with Gasteiger partial charge in [-0.05, 0) is 13.8 Å². The molecule has 0 unspecified atom stereocenters. The Morgan fingerprint density at radius 2 is 1.64 bits per heavy atom. The maximum atomic E-state index is 5.03. The van der Waals surface area contributed by atoms with Crippen LogP contribution in [0.15, 0.2) is 0 Å². The van der Waals surface area contributed by atoms with Crippen molar-refractivity contribution in [1.29, 1.82) is 0 Å². The Morgan fingerprint density at radius 1 is 1.18 bits per heavy atom. The lowest BCUT2D eigenvalue weighted by Gasteiger charge is -2.31. The van der Waals surface area contributed by atoms with Crippen LogP contribution in [-0.4, -0.2) is 50.4 Å². The lowest BCUT2D eigenvalue weighted by atomic mass is 10.4. The molecule has 3 nitrogen and oxygen atoms in total. The van der Waals surface area contributed by atoms with E-state index >= 15 is 0 Å². The number of methoxy groups -OCH3 is 1. The van der Waals surface area contributed by atoms with E-state index in [-0.39, 0.29) is 5.48 Å². The molecule has 0 heterocycles. The lowest BCUT2D eigenvalue weighted by Crippen LogP contribution is -2.45. The van der Waals surface area contributed by atoms with Crippen LogP contribution >= 0.6 is 0 Å². The Hall–Kier alpha value is -0.120. The van der Waals surface area contributed by atoms with E-state index in [2.05, 4.69) is 20.9 Å². The summed E-state index contributed by atoms with van der Waals surface area (Å²) in [4.78, 5) is 0. The molecule has 0 aliphatic rings. The van der Waals surface area contributed by atoms with Crippen LogP contribution in [0.25, 0.3) is 0 Å². The van der Waals surface area contributed by atoms with E-state index in [1.165, 1.54) is 13.1 Å². The summed E-state index contributed by atoms with van der Waals surface area (Å²) in [5.74, 6) is 0. The normalized spacial score (nSPS) is 10.9. The lowest BCUT2D eigenvalue weighted by molar-refractivity contribution is -0.906. The second-order valence-corrected chi connectivity index (χ2v) is 2.97. The van der Waals surface area contributed by atoms with Crippen LogP contribution in [0.1, 0.15) is 13.8 Å². The molecule has 0 saturated heterocycles. The Morgan fingerprint density at radius 3 is 1.91 bits per heavy atom. The van der Waals surface area contributed by atoms with Gasteiger partial charge < -0.3 is 14.7 Å². The smallest absolute Gasteiger partial charge is 0.102 e. The fraction of sp³-hybridized carbons (Fsp3) is 1.00. The van der Waals surface area contributed by atoms with Crippen molar-refractivity contribution in [3.05, 3.63) is 0 Å². The van der Waals surface area contributed by atoms with Gasteiger partial charge >= 0.3 is 0 Å². The van der Waals surface area contributed by atoms with Crippen LogP contribution in [0.2, 0.25) is 0 Å². The van der Waals surface area contributed by atoms with Gasteiger partial charge in [-0.25, -0.2) is 0 Å². The van der Waals surface area contributed by atoms with Gasteiger partial charge in [0, 0.05) is 7.11 Å². The highest BCUT2D eigenvalue weighted by Crippen LogP contribution is 1.99. The van der Waals surface area contributed by atoms with Gasteiger partial charge in [0.1, 0.15) is 6.54 Å². The molecule has 0 aliphatic heterocycles. The summed E-state index contributed by atoms with van der Waals surface area (Å²) in [5.41, 5.74) is 0. The van der Waals surface area contributed by atoms with Gasteiger partial charge in [-0.1, -0.05) is 0 Å². The molecule has 0 radical (unpaired) electrons. The maximum absolute atomic E-state index is 5.03. The number of likely N-dealkylation sites (N-methyl/N-ethyl adjacent to an activating group) is 1. The maximum Gasteiger partial charge on any atom is 0.102 e. The van der Waals surface area contributed by atoms with E-state index < -0.39 is 0 Å². The van der Waals surface area contributed by atoms with Crippen LogP contribution in [0.4, 0.5) is 0 Å². The minimum Gasteiger partial charge on any atom is -0.870 e. The summed E-state index contributed by atoms with van der Waals surface area (Å²) in [7, 11) is 4.02. The first kappa shape index (κ1) is 13.5. The van der Waals surface area contributed by atoms with Gasteiger partial charge in [-0.15, -0.1) is 0 Å². The first-order valence-electron chi connectivity index (χ1n) is 4.01. The zero-order valence-electron chi connectivity index (χ0n) is 8.13. The van der Waals surface area contributed by atoms with E-state index in [9.17, 15) is 0 Å². The molecule has 0 amide bonds. The molecule has 0 aromatic rings. The molecule has 0 spiro atoms. The third-order valence-corrected chi connectivity index (χ3v) is 2.36. The molecule has 0 rings (SSSR count). The highest BCUT2D eigenvalue weighted by Gasteiger charge is 2.14. The van der Waals surface area contributed by atoms with E-state index in [1.807, 2.05) is 0 Å². The van der Waals surface area contributed by atoms with Crippen molar-refractivity contribution < 1.29 is 14.7 Å². The predicted molar refractivity (Wildman–Crippen MR) is 45.9 cm³/mol. The first-order valence-corrected chi connectivity index (χ1v) is 4.01. The topological polar surface area (TPSA) is 39.2 Å². The summed E-state index contributed by atoms with van der Waals surface area (Å²) in [6.07, 6.45) is 0. The largest absolute Gasteiger partial charge is 0.870 e. The SMILES string of the molecule is CC[N+](C)(CC)CCOC.[OH-]. The number of hydrogen-bond acceptors (Lipinski definition) is 2. The van der Waals surface area contributed by atoms with Crippen molar-refractivity contribution in [2.75, 3.05) is 40.4 Å². The minimum atomic E-state index is 0. The van der Waals surface area contributed by atoms with Gasteiger partial charge in [0.15, 0.2) is 0 Å². The molecule has 0 aliphatic carbocycles. The number of quaternary nitrogens is 1. The molecule has 0 aromatic heterocycles. The van der Waals surface area contributed by atoms with Crippen molar-refractivity contribution in [3.8, 4) is 0 Å². The molecule has 11 heavy (non-hydrogen) atoms. The molecule has 0 atom stereocenters. The standard InChI is InChI=1S/C8H20NO.H2O/c1-5-9(3,6-2)7-8-10-4;/h5-8H2,1-4H3;1H2/q+1;/p-1. The fourth-order valence-electron chi connectivity index (χ4n) is 0.852. The van der Waals surface area contributed by atoms with Gasteiger partial charge in [-0.2, -0.15) is 0 Å². The summed E-state index contributed by atoms with van der Waals surface area (Å²) in [6, 6.07) is 0. The van der Waals surface area contributed by atoms with Gasteiger partial charge in [-0.3, -0.25) is 0 Å². The Kier molecular flexibility index (Phi) is 8.06. The summed E-state index contributed by atoms with van der Waals surface area (Å²) in [5, 5.41) is 0. The molecule has 3 heteroatoms. The molecular formula is C8H21NO2. The summed E-state index contributed by atoms with van der Waals surface area (Å²) in [6.45, 7) is 8.83. The van der Waals surface area contributed by atoms with Crippen molar-refractivity contribution in [2.24, 2.45) is 0 Å². The first-order chi connectivity index (χ1) is 4.68. The monoisotopic (exact) mass is 163 g/mol. The number of nitrogens with zero attached hydrogens (tertiary/aromatic N) is 1. The second kappa shape index (κ2) is 6.58. The average molecular weight is 163 g/mol. The zero-order chi connectivity index (χ0) is 8.04. The Bertz CT molecular complexity index is 82.2. The quantitative estimate of drug-likeness (QED) is 0.566. The van der Waals surface area contributed by atoms with Crippen molar-refractivity contribution in [1.82, 2.24) is 0 Å². The third kappa shape index (κ3) is 5.18. The summed E-state index contributed by atoms with van der Waals surface area (Å²) < 4.78 is 6.14. The molecule has 70 valence electrons. The highest BCUT2D eigenvalue weighted by atomic mass is 16.5. The van der Waals surface area contributed by atoms with Crippen molar-refractivity contribution >= 4 is 0 Å². The van der Waals surface area contributed by atoms with Gasteiger partial charge in [0.25, 0.3) is 0 Å². The second-order valence-electron chi connectivity index (χ2n) is 2.97. The van der Waals surface area contributed by atoms with Gasteiger partial charge in [0.05, 0.1) is 26.7 Å². The van der Waals surface area contributed by atoms with Crippen LogP contribution in [-0.2, 0) is 4.74 Å². The van der Waals surface area contributed by atoms with Gasteiger partial charge in [0.2, 0.25) is 0 Å². The number of hydrogen-bond donors (Lipinski definition) is 0. The van der Waals surface area contributed by atoms with Crippen LogP contribution < -0.4 is 0 Å². The molecule has 0 bridgehead atoms. The third-order valence-electron chi connectivity index (χ3n) is 2.36. The summed E-state index contributed by atoms with van der Waals surface area (Å²) >= 11 is 0. The van der Waals surface area contributed by atoms with E-state index in [0.29, 0.717) is 0 Å². The molecule has 0 saturated carbocycles. The average Bonchev–Trinajstić information content (AvgIpc) is 2.00. The molecule has 1 N–H and O–H groups in total. The fourth-order valence-corrected chi connectivity index (χ4v) is 0.852. The molecular weight excluding hydrogens is 142 g/mol.